The van der Waals surface area contributed by atoms with Crippen LogP contribution in [0, 0.1) is 6.92 Å². The summed E-state index contributed by atoms with van der Waals surface area (Å²) in [5.41, 5.74) is 9.49. The van der Waals surface area contributed by atoms with Crippen molar-refractivity contribution in [3.8, 4) is 0 Å². The Morgan fingerprint density at radius 3 is 1.56 bits per heavy atom. The monoisotopic (exact) mass is 437 g/mol. The lowest BCUT2D eigenvalue weighted by atomic mass is 9.95. The topological polar surface area (TPSA) is 3.24 Å². The first-order valence-corrected chi connectivity index (χ1v) is 11.6. The second-order valence-electron chi connectivity index (χ2n) is 8.39. The van der Waals surface area contributed by atoms with Gasteiger partial charge in [0.05, 0.1) is 0 Å². The van der Waals surface area contributed by atoms with Crippen LogP contribution < -0.4 is 4.90 Å². The Kier molecular flexibility index (Phi) is 6.36. The average molecular weight is 438 g/mol. The zero-order chi connectivity index (χ0) is 23.2. The highest BCUT2D eigenvalue weighted by Gasteiger charge is 2.12. The van der Waals surface area contributed by atoms with Crippen molar-refractivity contribution in [1.29, 1.82) is 0 Å². The Morgan fingerprint density at radius 2 is 1.00 bits per heavy atom. The molecule has 0 heterocycles. The quantitative estimate of drug-likeness (QED) is 0.239. The van der Waals surface area contributed by atoms with Crippen molar-refractivity contribution in [2.75, 3.05) is 4.90 Å². The van der Waals surface area contributed by atoms with E-state index in [0.717, 1.165) is 17.1 Å². The van der Waals surface area contributed by atoms with E-state index >= 15 is 0 Å². The maximum Gasteiger partial charge on any atom is 0.0464 e. The van der Waals surface area contributed by atoms with E-state index in [1.807, 2.05) is 0 Å². The molecule has 0 amide bonds. The third-order valence-electron chi connectivity index (χ3n) is 5.91. The standard InChI is InChI=1S/C33H27N/c1-26-12-11-19-32(24-26)34(30-17-9-4-10-18-30)31-22-20-27(21-23-31)25-33(28-13-5-2-6-14-28)29-15-7-3-8-16-29/h2-25H,1H3. The lowest BCUT2D eigenvalue weighted by Gasteiger charge is -2.26. The predicted octanol–water partition coefficient (Wildman–Crippen LogP) is 9.05. The summed E-state index contributed by atoms with van der Waals surface area (Å²) in [5, 5.41) is 0. The van der Waals surface area contributed by atoms with Gasteiger partial charge >= 0.3 is 0 Å². The van der Waals surface area contributed by atoms with Crippen molar-refractivity contribution in [3.05, 3.63) is 162 Å². The molecule has 34 heavy (non-hydrogen) atoms. The molecular formula is C33H27N. The van der Waals surface area contributed by atoms with Crippen molar-refractivity contribution < 1.29 is 0 Å². The number of para-hydroxylation sites is 1. The Morgan fingerprint density at radius 1 is 0.500 bits per heavy atom. The molecule has 0 radical (unpaired) electrons. The molecule has 0 fully saturated rings. The lowest BCUT2D eigenvalue weighted by Crippen LogP contribution is -2.09. The summed E-state index contributed by atoms with van der Waals surface area (Å²) in [4.78, 5) is 2.30. The van der Waals surface area contributed by atoms with Gasteiger partial charge in [-0.15, -0.1) is 0 Å². The molecule has 0 atom stereocenters. The van der Waals surface area contributed by atoms with Crippen LogP contribution in [-0.2, 0) is 0 Å². The number of anilines is 3. The Balaban J connectivity index is 1.55. The molecule has 5 rings (SSSR count). The smallest absolute Gasteiger partial charge is 0.0464 e. The summed E-state index contributed by atoms with van der Waals surface area (Å²) in [7, 11) is 0. The maximum atomic E-state index is 2.30. The van der Waals surface area contributed by atoms with Crippen molar-refractivity contribution in [2.45, 2.75) is 6.92 Å². The van der Waals surface area contributed by atoms with Gasteiger partial charge in [-0.3, -0.25) is 0 Å². The summed E-state index contributed by atoms with van der Waals surface area (Å²) >= 11 is 0. The van der Waals surface area contributed by atoms with Gasteiger partial charge in [0.2, 0.25) is 0 Å². The molecule has 0 N–H and O–H groups in total. The molecule has 0 aliphatic rings. The normalized spacial score (nSPS) is 10.5. The SMILES string of the molecule is Cc1cccc(N(c2ccccc2)c2ccc(C=C(c3ccccc3)c3ccccc3)cc2)c1. The van der Waals surface area contributed by atoms with E-state index in [-0.39, 0.29) is 0 Å². The third-order valence-corrected chi connectivity index (χ3v) is 5.91. The van der Waals surface area contributed by atoms with Gasteiger partial charge in [-0.2, -0.15) is 0 Å². The first-order chi connectivity index (χ1) is 16.8. The van der Waals surface area contributed by atoms with E-state index in [2.05, 4.69) is 157 Å². The zero-order valence-corrected chi connectivity index (χ0v) is 19.3. The van der Waals surface area contributed by atoms with Gasteiger partial charge in [0.1, 0.15) is 0 Å². The fourth-order valence-electron chi connectivity index (χ4n) is 4.25. The summed E-state index contributed by atoms with van der Waals surface area (Å²) < 4.78 is 0. The number of benzene rings is 5. The van der Waals surface area contributed by atoms with Crippen LogP contribution in [0.2, 0.25) is 0 Å². The maximum absolute atomic E-state index is 2.30. The first kappa shape index (κ1) is 21.5. The number of nitrogens with zero attached hydrogens (tertiary/aromatic N) is 1. The minimum atomic E-state index is 1.13. The summed E-state index contributed by atoms with van der Waals surface area (Å²) in [5.74, 6) is 0. The molecule has 5 aromatic carbocycles. The van der Waals surface area contributed by atoms with Crippen LogP contribution >= 0.6 is 0 Å². The molecule has 0 bridgehead atoms. The predicted molar refractivity (Wildman–Crippen MR) is 146 cm³/mol. The summed E-state index contributed by atoms with van der Waals surface area (Å²) in [6, 6.07) is 49.1. The highest BCUT2D eigenvalue weighted by Crippen LogP contribution is 2.35. The van der Waals surface area contributed by atoms with Crippen molar-refractivity contribution in [1.82, 2.24) is 0 Å². The first-order valence-electron chi connectivity index (χ1n) is 11.6. The summed E-state index contributed by atoms with van der Waals surface area (Å²) in [6.07, 6.45) is 2.27. The Labute approximate surface area is 202 Å². The largest absolute Gasteiger partial charge is 0.310 e. The molecule has 5 aromatic rings. The van der Waals surface area contributed by atoms with Crippen molar-refractivity contribution in [3.63, 3.8) is 0 Å². The number of aryl methyl sites for hydroxylation is 1. The van der Waals surface area contributed by atoms with Gasteiger partial charge < -0.3 is 4.90 Å². The molecule has 0 saturated heterocycles. The minimum Gasteiger partial charge on any atom is -0.310 e. The Bertz CT molecular complexity index is 1330. The molecular weight excluding hydrogens is 410 g/mol. The van der Waals surface area contributed by atoms with Gasteiger partial charge in [0.25, 0.3) is 0 Å². The van der Waals surface area contributed by atoms with Crippen LogP contribution in [0.25, 0.3) is 11.6 Å². The van der Waals surface area contributed by atoms with Gasteiger partial charge in [-0.1, -0.05) is 103 Å². The van der Waals surface area contributed by atoms with Crippen LogP contribution in [0.4, 0.5) is 17.1 Å². The molecule has 0 aromatic heterocycles. The van der Waals surface area contributed by atoms with Crippen LogP contribution in [0.1, 0.15) is 22.3 Å². The second kappa shape index (κ2) is 10.1. The van der Waals surface area contributed by atoms with E-state index in [4.69, 9.17) is 0 Å². The molecule has 1 heteroatoms. The third kappa shape index (κ3) is 4.84. The van der Waals surface area contributed by atoms with Crippen LogP contribution in [0.5, 0.6) is 0 Å². The van der Waals surface area contributed by atoms with Crippen LogP contribution in [0.3, 0.4) is 0 Å². The van der Waals surface area contributed by atoms with Gasteiger partial charge in [0, 0.05) is 17.1 Å². The zero-order valence-electron chi connectivity index (χ0n) is 19.3. The van der Waals surface area contributed by atoms with E-state index in [1.165, 1.54) is 27.8 Å². The van der Waals surface area contributed by atoms with E-state index in [1.54, 1.807) is 0 Å². The molecule has 0 spiro atoms. The number of hydrogen-bond acceptors (Lipinski definition) is 1. The molecule has 0 unspecified atom stereocenters. The summed E-state index contributed by atoms with van der Waals surface area (Å²) in [6.45, 7) is 2.13. The van der Waals surface area contributed by atoms with Crippen molar-refractivity contribution >= 4 is 28.7 Å². The van der Waals surface area contributed by atoms with Crippen molar-refractivity contribution in [2.24, 2.45) is 0 Å². The minimum absolute atomic E-state index is 1.13. The second-order valence-corrected chi connectivity index (χ2v) is 8.39. The van der Waals surface area contributed by atoms with Crippen LogP contribution in [-0.4, -0.2) is 0 Å². The van der Waals surface area contributed by atoms with E-state index in [0.29, 0.717) is 0 Å². The Hall–Kier alpha value is -4.36. The number of hydrogen-bond donors (Lipinski definition) is 0. The van der Waals surface area contributed by atoms with Gasteiger partial charge in [-0.05, 0) is 77.2 Å². The van der Waals surface area contributed by atoms with E-state index in [9.17, 15) is 0 Å². The fraction of sp³-hybridized carbons (Fsp3) is 0.0303. The molecule has 1 nitrogen and oxygen atoms in total. The van der Waals surface area contributed by atoms with Gasteiger partial charge in [0.15, 0.2) is 0 Å². The average Bonchev–Trinajstić information content (AvgIpc) is 2.90. The lowest BCUT2D eigenvalue weighted by molar-refractivity contribution is 1.27. The number of rotatable bonds is 6. The van der Waals surface area contributed by atoms with Gasteiger partial charge in [-0.25, -0.2) is 0 Å². The molecule has 0 aliphatic carbocycles. The molecule has 0 saturated carbocycles. The van der Waals surface area contributed by atoms with Crippen LogP contribution in [0.15, 0.2) is 140 Å². The molecule has 164 valence electrons. The molecule has 0 aliphatic heterocycles. The highest BCUT2D eigenvalue weighted by atomic mass is 15.1. The fourth-order valence-corrected chi connectivity index (χ4v) is 4.25. The highest BCUT2D eigenvalue weighted by molar-refractivity contribution is 5.91. The van der Waals surface area contributed by atoms with E-state index < -0.39 is 0 Å².